The summed E-state index contributed by atoms with van der Waals surface area (Å²) in [6.07, 6.45) is 4.63. The van der Waals surface area contributed by atoms with Crippen LogP contribution in [0.5, 0.6) is 0 Å². The van der Waals surface area contributed by atoms with Crippen molar-refractivity contribution in [2.24, 2.45) is 22.2 Å². The van der Waals surface area contributed by atoms with Crippen LogP contribution in [0.1, 0.15) is 46.5 Å². The smallest absolute Gasteiger partial charge is 0.144 e. The second kappa shape index (κ2) is 5.53. The molecule has 1 aliphatic carbocycles. The third-order valence-electron chi connectivity index (χ3n) is 3.63. The number of amidine groups is 1. The molecule has 0 aromatic heterocycles. The predicted octanol–water partition coefficient (Wildman–Crippen LogP) is 1.93. The number of hydrogen-bond donors (Lipinski definition) is 3. The van der Waals surface area contributed by atoms with Gasteiger partial charge >= 0.3 is 0 Å². The molecule has 0 aliphatic heterocycles. The van der Waals surface area contributed by atoms with Gasteiger partial charge in [0.25, 0.3) is 0 Å². The van der Waals surface area contributed by atoms with Crippen molar-refractivity contribution in [3.8, 4) is 0 Å². The molecule has 4 N–H and O–H groups in total. The standard InChI is InChI=1S/C12H25N3O/c1-4-9-8-10(9)14-7-5-6-12(2,3)11(13)15-16/h9-10,14,16H,4-8H2,1-3H3,(H2,13,15). The van der Waals surface area contributed by atoms with Crippen LogP contribution in [0.15, 0.2) is 5.16 Å². The molecule has 1 rings (SSSR count). The molecular weight excluding hydrogens is 202 g/mol. The lowest BCUT2D eigenvalue weighted by Crippen LogP contribution is -2.33. The summed E-state index contributed by atoms with van der Waals surface area (Å²) < 4.78 is 0. The molecule has 2 unspecified atom stereocenters. The monoisotopic (exact) mass is 227 g/mol. The molecule has 4 heteroatoms. The minimum absolute atomic E-state index is 0.204. The van der Waals surface area contributed by atoms with Gasteiger partial charge in [-0.05, 0) is 31.7 Å². The van der Waals surface area contributed by atoms with Crippen molar-refractivity contribution in [3.05, 3.63) is 0 Å². The fourth-order valence-corrected chi connectivity index (χ4v) is 2.03. The molecule has 4 nitrogen and oxygen atoms in total. The number of rotatable bonds is 7. The molecule has 0 amide bonds. The van der Waals surface area contributed by atoms with Crippen molar-refractivity contribution in [3.63, 3.8) is 0 Å². The van der Waals surface area contributed by atoms with E-state index in [1.54, 1.807) is 0 Å². The Bertz CT molecular complexity index is 251. The van der Waals surface area contributed by atoms with Gasteiger partial charge in [-0.2, -0.15) is 0 Å². The molecule has 0 bridgehead atoms. The second-order valence-corrected chi connectivity index (χ2v) is 5.44. The first kappa shape index (κ1) is 13.3. The zero-order valence-corrected chi connectivity index (χ0v) is 10.7. The number of hydrogen-bond acceptors (Lipinski definition) is 3. The SMILES string of the molecule is CCC1CC1NCCCC(C)(C)C(N)=NO. The van der Waals surface area contributed by atoms with E-state index in [9.17, 15) is 0 Å². The van der Waals surface area contributed by atoms with E-state index in [2.05, 4.69) is 17.4 Å². The van der Waals surface area contributed by atoms with Gasteiger partial charge in [0.2, 0.25) is 0 Å². The minimum atomic E-state index is -0.204. The lowest BCUT2D eigenvalue weighted by molar-refractivity contribution is 0.304. The van der Waals surface area contributed by atoms with E-state index >= 15 is 0 Å². The molecule has 1 saturated carbocycles. The molecule has 0 saturated heterocycles. The van der Waals surface area contributed by atoms with Gasteiger partial charge in [0.1, 0.15) is 5.84 Å². The Hall–Kier alpha value is -0.770. The fourth-order valence-electron chi connectivity index (χ4n) is 2.03. The summed E-state index contributed by atoms with van der Waals surface area (Å²) >= 11 is 0. The average Bonchev–Trinajstić information content (AvgIpc) is 3.02. The number of oxime groups is 1. The largest absolute Gasteiger partial charge is 0.409 e. The van der Waals surface area contributed by atoms with Gasteiger partial charge in [-0.15, -0.1) is 0 Å². The van der Waals surface area contributed by atoms with Crippen LogP contribution in [0.2, 0.25) is 0 Å². The van der Waals surface area contributed by atoms with Gasteiger partial charge in [-0.1, -0.05) is 32.3 Å². The van der Waals surface area contributed by atoms with E-state index < -0.39 is 0 Å². The predicted molar refractivity (Wildman–Crippen MR) is 66.6 cm³/mol. The Kier molecular flexibility index (Phi) is 4.59. The van der Waals surface area contributed by atoms with Crippen LogP contribution in [0, 0.1) is 11.3 Å². The van der Waals surface area contributed by atoms with Gasteiger partial charge in [-0.25, -0.2) is 0 Å². The van der Waals surface area contributed by atoms with Gasteiger partial charge in [-0.3, -0.25) is 0 Å². The molecule has 1 fully saturated rings. The molecule has 0 radical (unpaired) electrons. The molecule has 16 heavy (non-hydrogen) atoms. The van der Waals surface area contributed by atoms with Gasteiger partial charge in [0.15, 0.2) is 0 Å². The van der Waals surface area contributed by atoms with E-state index in [0.29, 0.717) is 5.84 Å². The Morgan fingerprint density at radius 1 is 1.56 bits per heavy atom. The second-order valence-electron chi connectivity index (χ2n) is 5.44. The van der Waals surface area contributed by atoms with Crippen LogP contribution in [0.3, 0.4) is 0 Å². The highest BCUT2D eigenvalue weighted by atomic mass is 16.4. The van der Waals surface area contributed by atoms with Crippen LogP contribution in [-0.4, -0.2) is 23.6 Å². The molecule has 1 aliphatic rings. The third kappa shape index (κ3) is 3.67. The van der Waals surface area contributed by atoms with Gasteiger partial charge in [0, 0.05) is 11.5 Å². The lowest BCUT2D eigenvalue weighted by Gasteiger charge is -2.22. The quantitative estimate of drug-likeness (QED) is 0.205. The van der Waals surface area contributed by atoms with Crippen molar-refractivity contribution in [2.75, 3.05) is 6.54 Å². The summed E-state index contributed by atoms with van der Waals surface area (Å²) in [6.45, 7) is 7.29. The molecule has 2 atom stereocenters. The van der Waals surface area contributed by atoms with Crippen molar-refractivity contribution >= 4 is 5.84 Å². The summed E-state index contributed by atoms with van der Waals surface area (Å²) in [5.41, 5.74) is 5.42. The molecule has 0 spiro atoms. The zero-order valence-electron chi connectivity index (χ0n) is 10.7. The summed E-state index contributed by atoms with van der Waals surface area (Å²) in [4.78, 5) is 0. The maximum atomic E-state index is 8.64. The lowest BCUT2D eigenvalue weighted by atomic mass is 9.86. The Morgan fingerprint density at radius 2 is 2.25 bits per heavy atom. The maximum absolute atomic E-state index is 8.64. The highest BCUT2D eigenvalue weighted by Gasteiger charge is 2.34. The Morgan fingerprint density at radius 3 is 2.75 bits per heavy atom. The molecule has 0 aromatic carbocycles. The Labute approximate surface area is 98.3 Å². The van der Waals surface area contributed by atoms with E-state index in [4.69, 9.17) is 10.9 Å². The first-order valence-electron chi connectivity index (χ1n) is 6.22. The van der Waals surface area contributed by atoms with Crippen LogP contribution in [0.25, 0.3) is 0 Å². The van der Waals surface area contributed by atoms with Crippen molar-refractivity contribution < 1.29 is 5.21 Å². The molecule has 94 valence electrons. The van der Waals surface area contributed by atoms with Crippen molar-refractivity contribution in [2.45, 2.75) is 52.5 Å². The average molecular weight is 227 g/mol. The Balaban J connectivity index is 2.11. The summed E-state index contributed by atoms with van der Waals surface area (Å²) in [5, 5.41) is 15.3. The summed E-state index contributed by atoms with van der Waals surface area (Å²) in [7, 11) is 0. The van der Waals surface area contributed by atoms with E-state index in [1.807, 2.05) is 13.8 Å². The van der Waals surface area contributed by atoms with Crippen LogP contribution in [-0.2, 0) is 0 Å². The number of nitrogens with one attached hydrogen (secondary N) is 1. The highest BCUT2D eigenvalue weighted by Crippen LogP contribution is 2.33. The van der Waals surface area contributed by atoms with Gasteiger partial charge < -0.3 is 16.3 Å². The normalized spacial score (nSPS) is 25.8. The molecule has 0 aromatic rings. The topological polar surface area (TPSA) is 70.6 Å². The van der Waals surface area contributed by atoms with Crippen LogP contribution >= 0.6 is 0 Å². The summed E-state index contributed by atoms with van der Waals surface area (Å²) in [6, 6.07) is 0.747. The van der Waals surface area contributed by atoms with E-state index in [-0.39, 0.29) is 5.41 Å². The molecular formula is C12H25N3O. The fraction of sp³-hybridized carbons (Fsp3) is 0.917. The number of nitrogens with two attached hydrogens (primary N) is 1. The maximum Gasteiger partial charge on any atom is 0.144 e. The van der Waals surface area contributed by atoms with E-state index in [0.717, 1.165) is 31.3 Å². The first-order valence-corrected chi connectivity index (χ1v) is 6.22. The highest BCUT2D eigenvalue weighted by molar-refractivity contribution is 5.85. The van der Waals surface area contributed by atoms with Crippen LogP contribution in [0.4, 0.5) is 0 Å². The van der Waals surface area contributed by atoms with Gasteiger partial charge in [0.05, 0.1) is 0 Å². The van der Waals surface area contributed by atoms with Crippen LogP contribution < -0.4 is 11.1 Å². The first-order chi connectivity index (χ1) is 7.51. The number of nitrogens with zero attached hydrogens (tertiary/aromatic N) is 1. The van der Waals surface area contributed by atoms with E-state index in [1.165, 1.54) is 12.8 Å². The minimum Gasteiger partial charge on any atom is -0.409 e. The zero-order chi connectivity index (χ0) is 12.2. The summed E-state index contributed by atoms with van der Waals surface area (Å²) in [5.74, 6) is 1.22. The van der Waals surface area contributed by atoms with Crippen molar-refractivity contribution in [1.82, 2.24) is 5.32 Å². The molecule has 0 heterocycles. The third-order valence-corrected chi connectivity index (χ3v) is 3.63. The van der Waals surface area contributed by atoms with Crippen molar-refractivity contribution in [1.29, 1.82) is 0 Å².